The average molecular weight is 377 g/mol. The summed E-state index contributed by atoms with van der Waals surface area (Å²) in [7, 11) is 1.51. The highest BCUT2D eigenvalue weighted by Gasteiger charge is 2.30. The lowest BCUT2D eigenvalue weighted by Crippen LogP contribution is -2.43. The minimum absolute atomic E-state index is 0.0170. The van der Waals surface area contributed by atoms with Crippen LogP contribution in [0.3, 0.4) is 0 Å². The van der Waals surface area contributed by atoms with E-state index >= 15 is 0 Å². The first-order valence-corrected chi connectivity index (χ1v) is 12.6. The fraction of sp³-hybridized carbons (Fsp3) is 1.00. The topological polar surface area (TPSA) is 36.9 Å². The molecule has 0 spiro atoms. The van der Waals surface area contributed by atoms with Crippen LogP contribution in [0.1, 0.15) is 20.3 Å². The molecule has 0 aromatic carbocycles. The van der Waals surface area contributed by atoms with E-state index in [4.69, 9.17) is 42.1 Å². The zero-order valence-electron chi connectivity index (χ0n) is 13.6. The van der Waals surface area contributed by atoms with Crippen molar-refractivity contribution in [2.75, 3.05) is 33.3 Å². The number of alkyl halides is 2. The molecule has 128 valence electrons. The predicted molar refractivity (Wildman–Crippen MR) is 95.1 cm³/mol. The van der Waals surface area contributed by atoms with E-state index in [1.165, 1.54) is 0 Å². The Morgan fingerprint density at radius 3 is 2.10 bits per heavy atom. The molecule has 2 unspecified atom stereocenters. The summed E-state index contributed by atoms with van der Waals surface area (Å²) in [6.45, 7) is 5.25. The third-order valence-electron chi connectivity index (χ3n) is 3.36. The number of methoxy groups -OCH3 is 2. The van der Waals surface area contributed by atoms with Crippen LogP contribution in [0, 0.1) is 0 Å². The number of ether oxygens (including phenoxy) is 4. The second kappa shape index (κ2) is 14.4. The van der Waals surface area contributed by atoms with Crippen LogP contribution in [-0.4, -0.2) is 68.5 Å². The smallest absolute Gasteiger partial charge is 0.139 e. The Bertz CT molecular complexity index is 230. The molecular formula is C13H30Cl2O4Si2. The third kappa shape index (κ3) is 9.55. The van der Waals surface area contributed by atoms with E-state index in [-0.39, 0.29) is 16.8 Å². The van der Waals surface area contributed by atoms with Crippen LogP contribution in [0.5, 0.6) is 0 Å². The van der Waals surface area contributed by atoms with Crippen LogP contribution in [0.15, 0.2) is 0 Å². The lowest BCUT2D eigenvalue weighted by molar-refractivity contribution is -0.0859. The van der Waals surface area contributed by atoms with Gasteiger partial charge in [0.25, 0.3) is 0 Å². The van der Waals surface area contributed by atoms with Crippen molar-refractivity contribution in [2.24, 2.45) is 0 Å². The first-order valence-electron chi connectivity index (χ1n) is 7.63. The van der Waals surface area contributed by atoms with Gasteiger partial charge in [0.2, 0.25) is 0 Å². The summed E-state index contributed by atoms with van der Waals surface area (Å²) >= 11 is 12.6. The van der Waals surface area contributed by atoms with Gasteiger partial charge < -0.3 is 18.9 Å². The molecule has 0 aliphatic heterocycles. The summed E-state index contributed by atoms with van der Waals surface area (Å²) in [5.74, 6) is 0.465. The van der Waals surface area contributed by atoms with E-state index in [2.05, 4.69) is 0 Å². The lowest BCUT2D eigenvalue weighted by Gasteiger charge is -2.28. The van der Waals surface area contributed by atoms with Gasteiger partial charge in [-0.3, -0.25) is 0 Å². The molecule has 2 atom stereocenters. The minimum Gasteiger partial charge on any atom is -0.360 e. The van der Waals surface area contributed by atoms with Gasteiger partial charge in [0.1, 0.15) is 20.6 Å². The normalized spacial score (nSPS) is 15.4. The Morgan fingerprint density at radius 2 is 1.67 bits per heavy atom. The highest BCUT2D eigenvalue weighted by atomic mass is 35.5. The standard InChI is InChI=1S/C13H30Cl2O4Si2/c1-5-18-13(19-6-2)21(10-8-14)11(15)7-9-20-12(16-3)17-4/h11-13,21H,5-10,20H2,1-4H3. The zero-order chi connectivity index (χ0) is 16.1. The van der Waals surface area contributed by atoms with Crippen molar-refractivity contribution in [3.05, 3.63) is 0 Å². The number of hydrogen-bond donors (Lipinski definition) is 0. The predicted octanol–water partition coefficient (Wildman–Crippen LogP) is 2.09. The van der Waals surface area contributed by atoms with Crippen molar-refractivity contribution >= 4 is 41.5 Å². The molecule has 21 heavy (non-hydrogen) atoms. The van der Waals surface area contributed by atoms with Gasteiger partial charge in [-0.2, -0.15) is 0 Å². The molecule has 0 aromatic rings. The maximum absolute atomic E-state index is 6.65. The van der Waals surface area contributed by atoms with Crippen LogP contribution in [0.4, 0.5) is 0 Å². The number of hydrogen-bond acceptors (Lipinski definition) is 4. The molecule has 0 saturated heterocycles. The average Bonchev–Trinajstić information content (AvgIpc) is 2.49. The van der Waals surface area contributed by atoms with Crippen LogP contribution in [0.25, 0.3) is 0 Å². The maximum atomic E-state index is 6.65. The summed E-state index contributed by atoms with van der Waals surface area (Å²) in [6, 6.07) is 2.02. The van der Waals surface area contributed by atoms with Crippen molar-refractivity contribution in [2.45, 2.75) is 49.2 Å². The van der Waals surface area contributed by atoms with Gasteiger partial charge >= 0.3 is 0 Å². The van der Waals surface area contributed by atoms with Crippen LogP contribution in [0.2, 0.25) is 12.1 Å². The fourth-order valence-electron chi connectivity index (χ4n) is 2.26. The zero-order valence-corrected chi connectivity index (χ0v) is 17.7. The molecule has 0 bridgehead atoms. The molecule has 0 amide bonds. The molecule has 4 nitrogen and oxygen atoms in total. The van der Waals surface area contributed by atoms with E-state index in [9.17, 15) is 0 Å². The highest BCUT2D eigenvalue weighted by Crippen LogP contribution is 2.20. The van der Waals surface area contributed by atoms with E-state index in [0.717, 1.165) is 18.5 Å². The van der Waals surface area contributed by atoms with E-state index in [1.54, 1.807) is 14.2 Å². The molecule has 0 rings (SSSR count). The Hall–Kier alpha value is 0.854. The van der Waals surface area contributed by atoms with Gasteiger partial charge in [0.15, 0.2) is 0 Å². The maximum Gasteiger partial charge on any atom is 0.139 e. The molecule has 0 heterocycles. The third-order valence-corrected chi connectivity index (χ3v) is 10.4. The Kier molecular flexibility index (Phi) is 15.0. The summed E-state index contributed by atoms with van der Waals surface area (Å²) in [5, 5.41) is 0.133. The molecule has 8 heteroatoms. The van der Waals surface area contributed by atoms with Crippen molar-refractivity contribution in [3.63, 3.8) is 0 Å². The van der Waals surface area contributed by atoms with Gasteiger partial charge in [0, 0.05) is 38.3 Å². The largest absolute Gasteiger partial charge is 0.360 e. The monoisotopic (exact) mass is 376 g/mol. The van der Waals surface area contributed by atoms with E-state index < -0.39 is 18.3 Å². The van der Waals surface area contributed by atoms with Crippen molar-refractivity contribution in [1.82, 2.24) is 0 Å². The van der Waals surface area contributed by atoms with Gasteiger partial charge in [-0.1, -0.05) is 6.04 Å². The quantitative estimate of drug-likeness (QED) is 0.264. The summed E-state index contributed by atoms with van der Waals surface area (Å²) < 4.78 is 22.0. The lowest BCUT2D eigenvalue weighted by atomic mass is 10.6. The minimum atomic E-state index is -1.43. The van der Waals surface area contributed by atoms with Crippen molar-refractivity contribution < 1.29 is 18.9 Å². The second-order valence-electron chi connectivity index (χ2n) is 4.77. The van der Waals surface area contributed by atoms with Crippen molar-refractivity contribution in [1.29, 1.82) is 0 Å². The molecule has 0 aliphatic rings. The molecule has 0 radical (unpaired) electrons. The first kappa shape index (κ1) is 21.9. The van der Waals surface area contributed by atoms with Crippen molar-refractivity contribution in [3.8, 4) is 0 Å². The summed E-state index contributed by atoms with van der Waals surface area (Å²) in [6.07, 6.45) is 0.974. The van der Waals surface area contributed by atoms with Gasteiger partial charge in [-0.15, -0.1) is 23.2 Å². The molecular weight excluding hydrogens is 347 g/mol. The number of halogens is 2. The fourth-order valence-corrected chi connectivity index (χ4v) is 8.89. The van der Waals surface area contributed by atoms with Gasteiger partial charge in [-0.05, 0) is 26.3 Å². The van der Waals surface area contributed by atoms with Crippen LogP contribution < -0.4 is 0 Å². The Morgan fingerprint density at radius 1 is 1.10 bits per heavy atom. The van der Waals surface area contributed by atoms with Gasteiger partial charge in [-0.25, -0.2) is 0 Å². The molecule has 0 saturated carbocycles. The molecule has 0 aromatic heterocycles. The second-order valence-corrected chi connectivity index (χ2v) is 11.3. The molecule has 0 aliphatic carbocycles. The highest BCUT2D eigenvalue weighted by molar-refractivity contribution is 6.70. The van der Waals surface area contributed by atoms with E-state index in [1.807, 2.05) is 13.8 Å². The summed E-state index contributed by atoms with van der Waals surface area (Å²) in [4.78, 5) is 0. The SMILES string of the molecule is CCOC(OCC)[SiH](CCCl)C(Cl)CC[SiH2]C(OC)OC. The summed E-state index contributed by atoms with van der Waals surface area (Å²) in [5.41, 5.74) is 0. The first-order chi connectivity index (χ1) is 10.1. The Labute approximate surface area is 143 Å². The van der Waals surface area contributed by atoms with E-state index in [0.29, 0.717) is 19.1 Å². The molecule has 0 N–H and O–H groups in total. The Balaban J connectivity index is 4.40. The molecule has 0 fully saturated rings. The van der Waals surface area contributed by atoms with Crippen LogP contribution in [-0.2, 0) is 18.9 Å². The van der Waals surface area contributed by atoms with Crippen LogP contribution >= 0.6 is 23.2 Å². The van der Waals surface area contributed by atoms with Gasteiger partial charge in [0.05, 0.1) is 9.52 Å². The number of rotatable bonds is 14.